The Bertz CT molecular complexity index is 597. The second-order valence-corrected chi connectivity index (χ2v) is 6.58. The van der Waals surface area contributed by atoms with Gasteiger partial charge in [-0.1, -0.05) is 20.8 Å². The van der Waals surface area contributed by atoms with Gasteiger partial charge in [-0.3, -0.25) is 0 Å². The number of aromatic nitrogens is 1. The summed E-state index contributed by atoms with van der Waals surface area (Å²) >= 11 is 1.22. The van der Waals surface area contributed by atoms with Crippen molar-refractivity contribution in [2.45, 2.75) is 20.8 Å². The van der Waals surface area contributed by atoms with Crippen LogP contribution in [0.5, 0.6) is 5.75 Å². The van der Waals surface area contributed by atoms with Gasteiger partial charge < -0.3 is 10.5 Å². The minimum Gasteiger partial charge on any atom is -0.487 e. The van der Waals surface area contributed by atoms with Gasteiger partial charge in [-0.25, -0.2) is 13.8 Å². The van der Waals surface area contributed by atoms with Crippen molar-refractivity contribution >= 4 is 16.5 Å². The molecule has 0 atom stereocenters. The van der Waals surface area contributed by atoms with E-state index in [4.69, 9.17) is 10.5 Å². The van der Waals surface area contributed by atoms with Crippen LogP contribution in [0, 0.1) is 17.0 Å². The average Bonchev–Trinajstić information content (AvgIpc) is 2.73. The molecule has 0 aliphatic carbocycles. The topological polar surface area (TPSA) is 48.1 Å². The minimum absolute atomic E-state index is 0.180. The number of nitrogen functional groups attached to an aromatic ring is 1. The number of ether oxygens (including phenoxy) is 1. The van der Waals surface area contributed by atoms with E-state index in [-0.39, 0.29) is 17.8 Å². The molecule has 0 fully saturated rings. The zero-order chi connectivity index (χ0) is 14.9. The van der Waals surface area contributed by atoms with Crippen molar-refractivity contribution in [3.63, 3.8) is 0 Å². The second-order valence-electron chi connectivity index (χ2n) is 5.69. The zero-order valence-electron chi connectivity index (χ0n) is 11.5. The van der Waals surface area contributed by atoms with Gasteiger partial charge in [0.25, 0.3) is 0 Å². The summed E-state index contributed by atoms with van der Waals surface area (Å²) in [6.07, 6.45) is 0. The summed E-state index contributed by atoms with van der Waals surface area (Å²) in [5.74, 6) is -1.83. The predicted molar refractivity (Wildman–Crippen MR) is 76.8 cm³/mol. The van der Waals surface area contributed by atoms with Gasteiger partial charge in [0.1, 0.15) is 0 Å². The number of nitrogens with two attached hydrogens (primary N) is 1. The van der Waals surface area contributed by atoms with Gasteiger partial charge in [0.05, 0.1) is 12.3 Å². The lowest BCUT2D eigenvalue weighted by Crippen LogP contribution is -2.18. The van der Waals surface area contributed by atoms with E-state index in [1.54, 1.807) is 5.38 Å². The van der Waals surface area contributed by atoms with E-state index in [1.165, 1.54) is 23.5 Å². The highest BCUT2D eigenvalue weighted by Gasteiger charge is 2.18. The molecule has 1 aromatic heterocycles. The Morgan fingerprint density at radius 2 is 1.85 bits per heavy atom. The van der Waals surface area contributed by atoms with Crippen molar-refractivity contribution in [3.05, 3.63) is 29.1 Å². The number of hydrogen-bond donors (Lipinski definition) is 1. The van der Waals surface area contributed by atoms with Crippen molar-refractivity contribution in [3.8, 4) is 17.0 Å². The molecule has 0 aliphatic heterocycles. The number of benzene rings is 1. The fourth-order valence-corrected chi connectivity index (χ4v) is 2.13. The van der Waals surface area contributed by atoms with E-state index in [2.05, 4.69) is 4.98 Å². The van der Waals surface area contributed by atoms with Crippen LogP contribution in [0.15, 0.2) is 17.5 Å². The Kier molecular flexibility index (Phi) is 3.94. The third-order valence-electron chi connectivity index (χ3n) is 2.47. The van der Waals surface area contributed by atoms with Crippen LogP contribution in [-0.4, -0.2) is 11.6 Å². The highest BCUT2D eigenvalue weighted by atomic mass is 32.1. The molecule has 3 nitrogen and oxygen atoms in total. The first-order valence-electron chi connectivity index (χ1n) is 6.09. The maximum absolute atomic E-state index is 14.0. The van der Waals surface area contributed by atoms with Crippen molar-refractivity contribution in [2.75, 3.05) is 12.3 Å². The minimum atomic E-state index is -0.740. The Balaban J connectivity index is 2.29. The summed E-state index contributed by atoms with van der Waals surface area (Å²) in [6.45, 7) is 6.00. The second kappa shape index (κ2) is 5.36. The quantitative estimate of drug-likeness (QED) is 0.928. The molecule has 0 saturated carbocycles. The number of nitrogens with zero attached hydrogens (tertiary/aromatic N) is 1. The molecule has 0 unspecified atom stereocenters. The fraction of sp³-hybridized carbons (Fsp3) is 0.357. The van der Waals surface area contributed by atoms with E-state index in [9.17, 15) is 8.78 Å². The van der Waals surface area contributed by atoms with Crippen LogP contribution < -0.4 is 10.5 Å². The van der Waals surface area contributed by atoms with Crippen LogP contribution in [0.2, 0.25) is 0 Å². The van der Waals surface area contributed by atoms with Crippen molar-refractivity contribution in [1.29, 1.82) is 0 Å². The van der Waals surface area contributed by atoms with E-state index in [0.29, 0.717) is 16.4 Å². The number of halogens is 2. The summed E-state index contributed by atoms with van der Waals surface area (Å²) in [5, 5.41) is 2.01. The average molecular weight is 298 g/mol. The molecule has 20 heavy (non-hydrogen) atoms. The number of rotatable bonds is 3. The van der Waals surface area contributed by atoms with Crippen molar-refractivity contribution in [1.82, 2.24) is 4.98 Å². The monoisotopic (exact) mass is 298 g/mol. The van der Waals surface area contributed by atoms with Gasteiger partial charge >= 0.3 is 0 Å². The molecule has 2 aromatic rings. The summed E-state index contributed by atoms with van der Waals surface area (Å²) in [5.41, 5.74) is 6.13. The summed E-state index contributed by atoms with van der Waals surface area (Å²) in [7, 11) is 0. The first-order chi connectivity index (χ1) is 9.26. The lowest BCUT2D eigenvalue weighted by Gasteiger charge is -2.19. The fourth-order valence-electron chi connectivity index (χ4n) is 1.55. The molecule has 0 radical (unpaired) electrons. The SMILES string of the molecule is CC(C)(C)COc1c(F)cc(-c2csc(N)n2)cc1F. The van der Waals surface area contributed by atoms with E-state index >= 15 is 0 Å². The predicted octanol–water partition coefficient (Wildman–Crippen LogP) is 4.10. The Morgan fingerprint density at radius 1 is 1.25 bits per heavy atom. The highest BCUT2D eigenvalue weighted by molar-refractivity contribution is 7.13. The Hall–Kier alpha value is -1.69. The lowest BCUT2D eigenvalue weighted by molar-refractivity contribution is 0.184. The third-order valence-corrected chi connectivity index (χ3v) is 3.14. The van der Waals surface area contributed by atoms with Crippen LogP contribution >= 0.6 is 11.3 Å². The number of thiazole rings is 1. The first kappa shape index (κ1) is 14.7. The first-order valence-corrected chi connectivity index (χ1v) is 6.97. The van der Waals surface area contributed by atoms with Crippen LogP contribution in [0.4, 0.5) is 13.9 Å². The van der Waals surface area contributed by atoms with Gasteiger partial charge in [0.2, 0.25) is 0 Å². The van der Waals surface area contributed by atoms with Crippen LogP contribution in [-0.2, 0) is 0 Å². The van der Waals surface area contributed by atoms with Crippen LogP contribution in [0.1, 0.15) is 20.8 Å². The molecule has 1 heterocycles. The third kappa shape index (κ3) is 3.45. The smallest absolute Gasteiger partial charge is 0.190 e. The lowest BCUT2D eigenvalue weighted by atomic mass is 9.99. The standard InChI is InChI=1S/C14H16F2N2OS/c1-14(2,3)7-19-12-9(15)4-8(5-10(12)16)11-6-20-13(17)18-11/h4-6H,7H2,1-3H3,(H2,17,18). The van der Waals surface area contributed by atoms with Crippen LogP contribution in [0.3, 0.4) is 0 Å². The van der Waals surface area contributed by atoms with Gasteiger partial charge in [-0.15, -0.1) is 11.3 Å². The Labute approximate surface area is 120 Å². The normalized spacial score (nSPS) is 11.7. The van der Waals surface area contributed by atoms with E-state index in [0.717, 1.165) is 0 Å². The molecule has 2 rings (SSSR count). The summed E-state index contributed by atoms with van der Waals surface area (Å²) < 4.78 is 33.2. The molecule has 0 bridgehead atoms. The maximum atomic E-state index is 14.0. The molecule has 0 amide bonds. The molecule has 2 N–H and O–H groups in total. The maximum Gasteiger partial charge on any atom is 0.190 e. The number of hydrogen-bond acceptors (Lipinski definition) is 4. The molecule has 0 saturated heterocycles. The van der Waals surface area contributed by atoms with E-state index in [1.807, 2.05) is 20.8 Å². The molecular formula is C14H16F2N2OS. The van der Waals surface area contributed by atoms with Gasteiger partial charge in [-0.05, 0) is 17.5 Å². The van der Waals surface area contributed by atoms with Crippen molar-refractivity contribution < 1.29 is 13.5 Å². The number of anilines is 1. The van der Waals surface area contributed by atoms with Crippen molar-refractivity contribution in [2.24, 2.45) is 5.41 Å². The van der Waals surface area contributed by atoms with Gasteiger partial charge in [-0.2, -0.15) is 0 Å². The Morgan fingerprint density at radius 3 is 2.30 bits per heavy atom. The van der Waals surface area contributed by atoms with Crippen LogP contribution in [0.25, 0.3) is 11.3 Å². The summed E-state index contributed by atoms with van der Waals surface area (Å²) in [6, 6.07) is 2.41. The van der Waals surface area contributed by atoms with Gasteiger partial charge in [0, 0.05) is 10.9 Å². The van der Waals surface area contributed by atoms with E-state index < -0.39 is 11.6 Å². The molecule has 0 aliphatic rings. The molecule has 0 spiro atoms. The molecule has 1 aromatic carbocycles. The largest absolute Gasteiger partial charge is 0.487 e. The van der Waals surface area contributed by atoms with Gasteiger partial charge in [0.15, 0.2) is 22.5 Å². The zero-order valence-corrected chi connectivity index (χ0v) is 12.4. The molecular weight excluding hydrogens is 282 g/mol. The molecule has 108 valence electrons. The highest BCUT2D eigenvalue weighted by Crippen LogP contribution is 2.31. The molecule has 6 heteroatoms. The summed E-state index contributed by atoms with van der Waals surface area (Å²) in [4.78, 5) is 4.00.